The van der Waals surface area contributed by atoms with Gasteiger partial charge in [0.05, 0.1) is 24.1 Å². The molecule has 0 saturated heterocycles. The van der Waals surface area contributed by atoms with Crippen LogP contribution < -0.4 is 10.9 Å². The molecule has 0 bridgehead atoms. The lowest BCUT2D eigenvalue weighted by atomic mass is 9.88. The Morgan fingerprint density at radius 3 is 2.54 bits per heavy atom. The molecule has 1 atom stereocenters. The second-order valence-electron chi connectivity index (χ2n) is 7.76. The number of fused-ring (bicyclic) bond motifs is 3. The van der Waals surface area contributed by atoms with Gasteiger partial charge in [-0.1, -0.05) is 32.9 Å². The van der Waals surface area contributed by atoms with Crippen molar-refractivity contribution in [1.82, 2.24) is 9.97 Å². The fourth-order valence-electron chi connectivity index (χ4n) is 2.87. The van der Waals surface area contributed by atoms with Crippen LogP contribution in [-0.4, -0.2) is 26.2 Å². The molecule has 0 radical (unpaired) electrons. The van der Waals surface area contributed by atoms with Crippen molar-refractivity contribution in [3.8, 4) is 0 Å². The van der Waals surface area contributed by atoms with E-state index in [1.54, 1.807) is 0 Å². The van der Waals surface area contributed by atoms with Crippen LogP contribution in [0, 0.1) is 5.41 Å². The molecule has 2 heterocycles. The zero-order chi connectivity index (χ0) is 19.1. The number of aliphatic hydroxyl groups is 2. The fourth-order valence-corrected chi connectivity index (χ4v) is 2.87. The van der Waals surface area contributed by atoms with Crippen molar-refractivity contribution in [1.29, 1.82) is 0 Å². The van der Waals surface area contributed by atoms with Crippen LogP contribution in [0.1, 0.15) is 38.8 Å². The van der Waals surface area contributed by atoms with Crippen LogP contribution in [0.2, 0.25) is 0 Å². The first-order valence-electron chi connectivity index (χ1n) is 8.71. The van der Waals surface area contributed by atoms with Gasteiger partial charge in [-0.05, 0) is 24.0 Å². The van der Waals surface area contributed by atoms with Crippen LogP contribution in [-0.2, 0) is 13.2 Å². The van der Waals surface area contributed by atoms with Crippen LogP contribution in [0.15, 0.2) is 29.2 Å². The quantitative estimate of drug-likeness (QED) is 0.540. The van der Waals surface area contributed by atoms with E-state index in [-0.39, 0.29) is 30.2 Å². The Kier molecular flexibility index (Phi) is 4.73. The summed E-state index contributed by atoms with van der Waals surface area (Å²) in [6, 6.07) is 5.64. The Hall–Kier alpha value is -2.44. The van der Waals surface area contributed by atoms with Gasteiger partial charge < -0.3 is 20.5 Å². The van der Waals surface area contributed by atoms with Crippen molar-refractivity contribution in [2.75, 3.05) is 5.32 Å². The summed E-state index contributed by atoms with van der Waals surface area (Å²) in [6.45, 7) is 8.17. The first-order chi connectivity index (χ1) is 12.3. The van der Waals surface area contributed by atoms with Gasteiger partial charge in [0.1, 0.15) is 5.82 Å². The molecule has 6 heteroatoms. The summed E-state index contributed by atoms with van der Waals surface area (Å²) < 4.78 is 0. The third kappa shape index (κ3) is 3.18. The summed E-state index contributed by atoms with van der Waals surface area (Å²) in [4.78, 5) is 19.9. The van der Waals surface area contributed by atoms with E-state index in [4.69, 9.17) is 4.98 Å². The van der Waals surface area contributed by atoms with E-state index in [0.717, 1.165) is 5.39 Å². The van der Waals surface area contributed by atoms with Gasteiger partial charge in [-0.25, -0.2) is 4.98 Å². The number of nitrogens with one attached hydrogen (secondary N) is 2. The number of aromatic nitrogens is 2. The average Bonchev–Trinajstić information content (AvgIpc) is 2.60. The number of hydrogen-bond acceptors (Lipinski definition) is 5. The molecule has 6 nitrogen and oxygen atoms in total. The van der Waals surface area contributed by atoms with Gasteiger partial charge in [-0.15, -0.1) is 0 Å². The molecule has 1 unspecified atom stereocenters. The fraction of sp³-hybridized carbons (Fsp3) is 0.400. The maximum atomic E-state index is 12.5. The minimum Gasteiger partial charge on any atom is -0.392 e. The highest BCUT2D eigenvalue weighted by molar-refractivity contribution is 6.10. The van der Waals surface area contributed by atoms with Crippen LogP contribution in [0.5, 0.6) is 0 Å². The Bertz CT molecular complexity index is 1020. The number of benzene rings is 1. The third-order valence-corrected chi connectivity index (χ3v) is 4.98. The lowest BCUT2D eigenvalue weighted by molar-refractivity contribution is 0.282. The van der Waals surface area contributed by atoms with Gasteiger partial charge in [0, 0.05) is 28.6 Å². The van der Waals surface area contributed by atoms with Gasteiger partial charge in [-0.2, -0.15) is 0 Å². The van der Waals surface area contributed by atoms with Gasteiger partial charge in [-0.3, -0.25) is 4.79 Å². The van der Waals surface area contributed by atoms with Gasteiger partial charge in [0.15, 0.2) is 0 Å². The van der Waals surface area contributed by atoms with Crippen molar-refractivity contribution < 1.29 is 10.2 Å². The lowest BCUT2D eigenvalue weighted by Gasteiger charge is -2.29. The molecule has 0 fully saturated rings. The molecule has 1 aromatic carbocycles. The Labute approximate surface area is 151 Å². The number of nitrogens with zero attached hydrogens (tertiary/aromatic N) is 1. The molecule has 26 heavy (non-hydrogen) atoms. The van der Waals surface area contributed by atoms with E-state index >= 15 is 0 Å². The normalized spacial score (nSPS) is 13.3. The molecule has 3 aromatic rings. The molecular weight excluding hydrogens is 330 g/mol. The summed E-state index contributed by atoms with van der Waals surface area (Å²) in [6.07, 6.45) is 1.50. The van der Waals surface area contributed by atoms with Crippen LogP contribution in [0.3, 0.4) is 0 Å². The molecule has 0 aliphatic heterocycles. The zero-order valence-corrected chi connectivity index (χ0v) is 15.6. The van der Waals surface area contributed by atoms with Gasteiger partial charge in [0.25, 0.3) is 5.56 Å². The van der Waals surface area contributed by atoms with E-state index in [2.05, 4.69) is 38.0 Å². The number of anilines is 1. The van der Waals surface area contributed by atoms with E-state index in [0.29, 0.717) is 33.2 Å². The van der Waals surface area contributed by atoms with Crippen molar-refractivity contribution in [2.45, 2.75) is 47.0 Å². The summed E-state index contributed by atoms with van der Waals surface area (Å²) in [5.41, 5.74) is 1.50. The topological polar surface area (TPSA) is 98.2 Å². The molecule has 3 rings (SSSR count). The van der Waals surface area contributed by atoms with E-state index in [1.807, 2.05) is 18.2 Å². The number of rotatable bonds is 4. The Morgan fingerprint density at radius 2 is 1.92 bits per heavy atom. The second kappa shape index (κ2) is 6.70. The molecule has 0 aliphatic carbocycles. The summed E-state index contributed by atoms with van der Waals surface area (Å²) in [5.74, 6) is 0.666. The minimum atomic E-state index is -0.264. The summed E-state index contributed by atoms with van der Waals surface area (Å²) >= 11 is 0. The highest BCUT2D eigenvalue weighted by Gasteiger charge is 2.22. The molecule has 0 spiro atoms. The Balaban J connectivity index is 2.38. The first-order valence-corrected chi connectivity index (χ1v) is 8.71. The maximum Gasteiger partial charge on any atom is 0.258 e. The molecule has 4 N–H and O–H groups in total. The average molecular weight is 355 g/mol. The largest absolute Gasteiger partial charge is 0.392 e. The van der Waals surface area contributed by atoms with Gasteiger partial charge in [0.2, 0.25) is 0 Å². The highest BCUT2D eigenvalue weighted by atomic mass is 16.3. The van der Waals surface area contributed by atoms with Gasteiger partial charge >= 0.3 is 0 Å². The predicted molar refractivity (Wildman–Crippen MR) is 104 cm³/mol. The molecule has 0 saturated carbocycles. The van der Waals surface area contributed by atoms with Crippen molar-refractivity contribution in [2.24, 2.45) is 5.41 Å². The van der Waals surface area contributed by atoms with Crippen LogP contribution in [0.4, 0.5) is 5.82 Å². The molecule has 138 valence electrons. The smallest absolute Gasteiger partial charge is 0.258 e. The molecule has 2 aromatic heterocycles. The van der Waals surface area contributed by atoms with Crippen molar-refractivity contribution >= 4 is 27.5 Å². The van der Waals surface area contributed by atoms with E-state index in [1.165, 1.54) is 6.20 Å². The predicted octanol–water partition coefficient (Wildman–Crippen LogP) is 2.91. The molecule has 0 amide bonds. The van der Waals surface area contributed by atoms with Crippen LogP contribution >= 0.6 is 0 Å². The molecular formula is C20H25N3O3. The second-order valence-corrected chi connectivity index (χ2v) is 7.76. The van der Waals surface area contributed by atoms with Crippen molar-refractivity contribution in [3.63, 3.8) is 0 Å². The Morgan fingerprint density at radius 1 is 1.19 bits per heavy atom. The van der Waals surface area contributed by atoms with E-state index in [9.17, 15) is 15.0 Å². The number of pyridine rings is 2. The zero-order valence-electron chi connectivity index (χ0n) is 15.6. The number of H-pyrrole nitrogens is 1. The summed E-state index contributed by atoms with van der Waals surface area (Å²) in [7, 11) is 0. The lowest BCUT2D eigenvalue weighted by Crippen LogP contribution is -2.31. The SMILES string of the molecule is CC(Nc1nc2c(CO)c[nH]c(=O)c2c2cc(CO)ccc12)C(C)(C)C. The third-order valence-electron chi connectivity index (χ3n) is 4.98. The van der Waals surface area contributed by atoms with E-state index < -0.39 is 0 Å². The first kappa shape index (κ1) is 18.4. The summed E-state index contributed by atoms with van der Waals surface area (Å²) in [5, 5.41) is 24.6. The standard InChI is InChI=1S/C20H25N3O3/c1-11(20(2,3)4)22-18-14-6-5-12(9-24)7-15(14)16-17(23-18)13(10-25)8-21-19(16)26/h5-8,11,24-25H,9-10H2,1-4H3,(H,21,26)(H,22,23). The van der Waals surface area contributed by atoms with Crippen molar-refractivity contribution in [3.05, 3.63) is 45.9 Å². The number of aliphatic hydroxyl groups excluding tert-OH is 2. The van der Waals surface area contributed by atoms with Crippen LogP contribution in [0.25, 0.3) is 21.7 Å². The number of hydrogen-bond donors (Lipinski definition) is 4. The minimum absolute atomic E-state index is 0.0158. The maximum absolute atomic E-state index is 12.5. The monoisotopic (exact) mass is 355 g/mol. The molecule has 0 aliphatic rings. The number of aromatic amines is 1. The highest BCUT2D eigenvalue weighted by Crippen LogP contribution is 2.32.